The first-order chi connectivity index (χ1) is 13.7. The lowest BCUT2D eigenvalue weighted by Gasteiger charge is -2.34. The van der Waals surface area contributed by atoms with Gasteiger partial charge in [0.2, 0.25) is 5.91 Å². The van der Waals surface area contributed by atoms with Gasteiger partial charge in [-0.2, -0.15) is 0 Å². The lowest BCUT2D eigenvalue weighted by atomic mass is 10.0. The monoisotopic (exact) mass is 375 g/mol. The predicted molar refractivity (Wildman–Crippen MR) is 112 cm³/mol. The van der Waals surface area contributed by atoms with Crippen LogP contribution in [0.2, 0.25) is 0 Å². The molecule has 0 saturated carbocycles. The molecule has 1 amide bonds. The van der Waals surface area contributed by atoms with E-state index in [0.717, 1.165) is 54.7 Å². The Kier molecular flexibility index (Phi) is 5.55. The first kappa shape index (κ1) is 18.5. The molecule has 144 valence electrons. The SMILES string of the molecule is O=C(CN1CCN(Cc2c(O)ccc3ccccc23)CC1)Nc1ccccc1. The number of piperazine rings is 1. The third-order valence-electron chi connectivity index (χ3n) is 5.29. The van der Waals surface area contributed by atoms with Gasteiger partial charge in [0.15, 0.2) is 0 Å². The Morgan fingerprint density at radius 3 is 2.32 bits per heavy atom. The number of carbonyl (C=O) groups is 1. The molecular formula is C23H25N3O2. The molecule has 4 rings (SSSR count). The number of phenolic OH excluding ortho intramolecular Hbond substituents is 1. The van der Waals surface area contributed by atoms with E-state index >= 15 is 0 Å². The van der Waals surface area contributed by atoms with Gasteiger partial charge < -0.3 is 10.4 Å². The number of fused-ring (bicyclic) bond motifs is 1. The molecule has 3 aromatic rings. The third-order valence-corrected chi connectivity index (χ3v) is 5.29. The Labute approximate surface area is 165 Å². The molecule has 0 radical (unpaired) electrons. The van der Waals surface area contributed by atoms with Gasteiger partial charge in [-0.25, -0.2) is 0 Å². The average Bonchev–Trinajstić information content (AvgIpc) is 2.72. The van der Waals surface area contributed by atoms with Gasteiger partial charge in [0.1, 0.15) is 5.75 Å². The number of benzene rings is 3. The van der Waals surface area contributed by atoms with E-state index in [2.05, 4.69) is 27.2 Å². The fourth-order valence-corrected chi connectivity index (χ4v) is 3.74. The van der Waals surface area contributed by atoms with Crippen LogP contribution in [0.1, 0.15) is 5.56 Å². The number of para-hydroxylation sites is 1. The number of hydrogen-bond donors (Lipinski definition) is 2. The molecule has 3 aromatic carbocycles. The molecule has 0 atom stereocenters. The smallest absolute Gasteiger partial charge is 0.238 e. The van der Waals surface area contributed by atoms with E-state index in [-0.39, 0.29) is 5.91 Å². The summed E-state index contributed by atoms with van der Waals surface area (Å²) in [6.07, 6.45) is 0. The number of carbonyl (C=O) groups excluding carboxylic acids is 1. The lowest BCUT2D eigenvalue weighted by Crippen LogP contribution is -2.48. The van der Waals surface area contributed by atoms with Crippen molar-refractivity contribution in [1.29, 1.82) is 0 Å². The average molecular weight is 375 g/mol. The highest BCUT2D eigenvalue weighted by molar-refractivity contribution is 5.92. The number of nitrogens with zero attached hydrogens (tertiary/aromatic N) is 2. The van der Waals surface area contributed by atoms with Gasteiger partial charge in [0.05, 0.1) is 6.54 Å². The first-order valence-corrected chi connectivity index (χ1v) is 9.68. The Bertz CT molecular complexity index is 950. The Morgan fingerprint density at radius 1 is 0.857 bits per heavy atom. The summed E-state index contributed by atoms with van der Waals surface area (Å²) in [5.74, 6) is 0.370. The molecule has 5 heteroatoms. The fourth-order valence-electron chi connectivity index (χ4n) is 3.74. The summed E-state index contributed by atoms with van der Waals surface area (Å²) in [6, 6.07) is 21.4. The second-order valence-corrected chi connectivity index (χ2v) is 7.25. The summed E-state index contributed by atoms with van der Waals surface area (Å²) in [7, 11) is 0. The van der Waals surface area contributed by atoms with Crippen LogP contribution >= 0.6 is 0 Å². The quantitative estimate of drug-likeness (QED) is 0.718. The number of aromatic hydroxyl groups is 1. The molecule has 1 fully saturated rings. The van der Waals surface area contributed by atoms with Crippen LogP contribution in [0.15, 0.2) is 66.7 Å². The number of anilines is 1. The van der Waals surface area contributed by atoms with Crippen LogP contribution in [-0.2, 0) is 11.3 Å². The molecule has 1 aliphatic heterocycles. The van der Waals surface area contributed by atoms with E-state index in [0.29, 0.717) is 12.3 Å². The zero-order valence-electron chi connectivity index (χ0n) is 15.8. The lowest BCUT2D eigenvalue weighted by molar-refractivity contribution is -0.117. The van der Waals surface area contributed by atoms with Gasteiger partial charge in [-0.05, 0) is 29.0 Å². The molecule has 0 aliphatic carbocycles. The van der Waals surface area contributed by atoms with Crippen molar-refractivity contribution >= 4 is 22.4 Å². The minimum Gasteiger partial charge on any atom is -0.508 e. The molecule has 5 nitrogen and oxygen atoms in total. The Hall–Kier alpha value is -2.89. The topological polar surface area (TPSA) is 55.8 Å². The molecule has 1 saturated heterocycles. The predicted octanol–water partition coefficient (Wildman–Crippen LogP) is 3.30. The van der Waals surface area contributed by atoms with E-state index in [1.54, 1.807) is 6.07 Å². The third kappa shape index (κ3) is 4.32. The summed E-state index contributed by atoms with van der Waals surface area (Å²) in [4.78, 5) is 16.8. The number of rotatable bonds is 5. The summed E-state index contributed by atoms with van der Waals surface area (Å²) in [5, 5.41) is 15.5. The highest BCUT2D eigenvalue weighted by atomic mass is 16.3. The number of phenols is 1. The molecule has 2 N–H and O–H groups in total. The van der Waals surface area contributed by atoms with Crippen molar-refractivity contribution in [3.63, 3.8) is 0 Å². The minimum atomic E-state index is 0.0198. The second-order valence-electron chi connectivity index (χ2n) is 7.25. The van der Waals surface area contributed by atoms with Crippen LogP contribution in [0.5, 0.6) is 5.75 Å². The number of nitrogens with one attached hydrogen (secondary N) is 1. The van der Waals surface area contributed by atoms with Crippen molar-refractivity contribution < 1.29 is 9.90 Å². The maximum atomic E-state index is 12.2. The zero-order chi connectivity index (χ0) is 19.3. The molecule has 0 unspecified atom stereocenters. The zero-order valence-corrected chi connectivity index (χ0v) is 15.8. The summed E-state index contributed by atoms with van der Waals surface area (Å²) >= 11 is 0. The van der Waals surface area contributed by atoms with Gasteiger partial charge in [-0.3, -0.25) is 14.6 Å². The van der Waals surface area contributed by atoms with Crippen LogP contribution < -0.4 is 5.32 Å². The Morgan fingerprint density at radius 2 is 1.54 bits per heavy atom. The van der Waals surface area contributed by atoms with Crippen LogP contribution in [0.25, 0.3) is 10.8 Å². The van der Waals surface area contributed by atoms with Crippen LogP contribution in [0.3, 0.4) is 0 Å². The fraction of sp³-hybridized carbons (Fsp3) is 0.261. The maximum Gasteiger partial charge on any atom is 0.238 e. The Balaban J connectivity index is 1.32. The molecule has 1 heterocycles. The summed E-state index contributed by atoms with van der Waals surface area (Å²) in [5.41, 5.74) is 1.81. The van der Waals surface area contributed by atoms with E-state index in [4.69, 9.17) is 0 Å². The second kappa shape index (κ2) is 8.42. The van der Waals surface area contributed by atoms with Crippen molar-refractivity contribution in [3.05, 3.63) is 72.3 Å². The van der Waals surface area contributed by atoms with Crippen molar-refractivity contribution in [1.82, 2.24) is 9.80 Å². The molecule has 1 aliphatic rings. The molecule has 0 aromatic heterocycles. The van der Waals surface area contributed by atoms with Crippen molar-refractivity contribution in [2.45, 2.75) is 6.54 Å². The number of hydrogen-bond acceptors (Lipinski definition) is 4. The molecular weight excluding hydrogens is 350 g/mol. The normalized spacial score (nSPS) is 15.6. The van der Waals surface area contributed by atoms with E-state index in [9.17, 15) is 9.90 Å². The van der Waals surface area contributed by atoms with E-state index in [1.807, 2.05) is 48.5 Å². The highest BCUT2D eigenvalue weighted by Gasteiger charge is 2.20. The standard InChI is InChI=1S/C23H25N3O2/c27-22-11-10-18-6-4-5-9-20(18)21(22)16-25-12-14-26(15-13-25)17-23(28)24-19-7-2-1-3-8-19/h1-11,27H,12-17H2,(H,24,28). The van der Waals surface area contributed by atoms with Crippen molar-refractivity contribution in [2.24, 2.45) is 0 Å². The van der Waals surface area contributed by atoms with Gasteiger partial charge in [-0.15, -0.1) is 0 Å². The highest BCUT2D eigenvalue weighted by Crippen LogP contribution is 2.28. The van der Waals surface area contributed by atoms with Crippen molar-refractivity contribution in [2.75, 3.05) is 38.0 Å². The van der Waals surface area contributed by atoms with Gasteiger partial charge >= 0.3 is 0 Å². The van der Waals surface area contributed by atoms with Crippen LogP contribution in [-0.4, -0.2) is 53.5 Å². The maximum absolute atomic E-state index is 12.2. The molecule has 0 bridgehead atoms. The van der Waals surface area contributed by atoms with Crippen molar-refractivity contribution in [3.8, 4) is 5.75 Å². The van der Waals surface area contributed by atoms with E-state index in [1.165, 1.54) is 0 Å². The van der Waals surface area contributed by atoms with Gasteiger partial charge in [0.25, 0.3) is 0 Å². The molecule has 28 heavy (non-hydrogen) atoms. The number of amides is 1. The summed E-state index contributed by atoms with van der Waals surface area (Å²) < 4.78 is 0. The minimum absolute atomic E-state index is 0.0198. The molecule has 0 spiro atoms. The summed E-state index contributed by atoms with van der Waals surface area (Å²) in [6.45, 7) is 4.56. The van der Waals surface area contributed by atoms with E-state index < -0.39 is 0 Å². The first-order valence-electron chi connectivity index (χ1n) is 9.68. The van der Waals surface area contributed by atoms with Gasteiger partial charge in [-0.1, -0.05) is 48.5 Å². The van der Waals surface area contributed by atoms with Crippen LogP contribution in [0.4, 0.5) is 5.69 Å². The van der Waals surface area contributed by atoms with Crippen LogP contribution in [0, 0.1) is 0 Å². The van der Waals surface area contributed by atoms with Gasteiger partial charge in [0, 0.05) is 44.0 Å². The largest absolute Gasteiger partial charge is 0.508 e.